The van der Waals surface area contributed by atoms with Crippen molar-refractivity contribution in [3.63, 3.8) is 0 Å². The second kappa shape index (κ2) is 5.52. The van der Waals surface area contributed by atoms with Crippen LogP contribution in [0.1, 0.15) is 25.1 Å². The Bertz CT molecular complexity index is 533. The van der Waals surface area contributed by atoms with E-state index < -0.39 is 0 Å². The van der Waals surface area contributed by atoms with Crippen molar-refractivity contribution >= 4 is 33.3 Å². The van der Waals surface area contributed by atoms with Gasteiger partial charge in [0, 0.05) is 25.5 Å². The molecule has 0 spiro atoms. The maximum atomic E-state index is 4.60. The van der Waals surface area contributed by atoms with E-state index in [4.69, 9.17) is 0 Å². The van der Waals surface area contributed by atoms with E-state index in [1.165, 1.54) is 4.88 Å². The fraction of sp³-hybridized carbons (Fsp3) is 0.538. The van der Waals surface area contributed by atoms with Gasteiger partial charge in [0.25, 0.3) is 0 Å². The summed E-state index contributed by atoms with van der Waals surface area (Å²) in [6.45, 7) is 5.22. The Morgan fingerprint density at radius 1 is 1.28 bits per heavy atom. The van der Waals surface area contributed by atoms with Gasteiger partial charge < -0.3 is 10.2 Å². The summed E-state index contributed by atoms with van der Waals surface area (Å²) in [6.07, 6.45) is 2.12. The number of aromatic nitrogens is 2. The van der Waals surface area contributed by atoms with Crippen molar-refractivity contribution in [1.29, 1.82) is 0 Å². The van der Waals surface area contributed by atoms with Crippen LogP contribution in [0.4, 0.5) is 11.8 Å². The van der Waals surface area contributed by atoms with Gasteiger partial charge in [-0.2, -0.15) is 4.98 Å². The van der Waals surface area contributed by atoms with E-state index in [1.807, 2.05) is 19.0 Å². The quantitative estimate of drug-likeness (QED) is 0.900. The minimum Gasteiger partial charge on any atom is -0.362 e. The number of fused-ring (bicyclic) bond motifs is 1. The fourth-order valence-electron chi connectivity index (χ4n) is 1.79. The van der Waals surface area contributed by atoms with Gasteiger partial charge in [0.05, 0.1) is 5.39 Å². The number of hydrogen-bond donors (Lipinski definition) is 1. The highest BCUT2D eigenvalue weighted by molar-refractivity contribution is 7.18. The summed E-state index contributed by atoms with van der Waals surface area (Å²) in [5.41, 5.74) is 0. The van der Waals surface area contributed by atoms with Gasteiger partial charge in [-0.15, -0.1) is 11.3 Å². The zero-order chi connectivity index (χ0) is 13.1. The Morgan fingerprint density at radius 3 is 2.67 bits per heavy atom. The van der Waals surface area contributed by atoms with Crippen LogP contribution >= 0.6 is 11.3 Å². The molecule has 2 aromatic heterocycles. The predicted molar refractivity (Wildman–Crippen MR) is 79.9 cm³/mol. The molecule has 4 nitrogen and oxygen atoms in total. The highest BCUT2D eigenvalue weighted by atomic mass is 32.1. The zero-order valence-corrected chi connectivity index (χ0v) is 12.3. The van der Waals surface area contributed by atoms with Gasteiger partial charge in [-0.25, -0.2) is 4.98 Å². The predicted octanol–water partition coefficient (Wildman–Crippen LogP) is 3.14. The molecule has 0 radical (unpaired) electrons. The lowest BCUT2D eigenvalue weighted by Crippen LogP contribution is -2.13. The van der Waals surface area contributed by atoms with Gasteiger partial charge in [0.1, 0.15) is 10.6 Å². The molecule has 0 saturated heterocycles. The molecule has 0 aliphatic heterocycles. The van der Waals surface area contributed by atoms with Gasteiger partial charge in [-0.1, -0.05) is 13.8 Å². The maximum Gasteiger partial charge on any atom is 0.226 e. The van der Waals surface area contributed by atoms with E-state index in [2.05, 4.69) is 35.2 Å². The van der Waals surface area contributed by atoms with Crippen molar-refractivity contribution in [2.75, 3.05) is 30.9 Å². The number of hydrogen-bond acceptors (Lipinski definition) is 5. The van der Waals surface area contributed by atoms with Crippen LogP contribution in [-0.4, -0.2) is 30.6 Å². The van der Waals surface area contributed by atoms with Gasteiger partial charge in [0.2, 0.25) is 5.95 Å². The van der Waals surface area contributed by atoms with Gasteiger partial charge in [-0.05, 0) is 18.9 Å². The molecular weight excluding hydrogens is 244 g/mol. The third-order valence-corrected chi connectivity index (χ3v) is 3.90. The molecule has 0 aromatic carbocycles. The third-order valence-electron chi connectivity index (χ3n) is 2.73. The highest BCUT2D eigenvalue weighted by Gasteiger charge is 2.12. The minimum atomic E-state index is 0.734. The Balaban J connectivity index is 2.50. The summed E-state index contributed by atoms with van der Waals surface area (Å²) in [6, 6.07) is 2.21. The molecule has 0 atom stereocenters. The Morgan fingerprint density at radius 2 is 2.06 bits per heavy atom. The number of nitrogens with one attached hydrogen (secondary N) is 1. The molecule has 0 unspecified atom stereocenters. The minimum absolute atomic E-state index is 0.734. The first-order valence-electron chi connectivity index (χ1n) is 6.37. The standard InChI is InChI=1S/C13H20N4S/c1-5-7-14-13-15-11(17(3)4)10-8-9(6-2)18-12(10)16-13/h8H,5-7H2,1-4H3,(H,14,15,16). The molecule has 0 saturated carbocycles. The van der Waals surface area contributed by atoms with E-state index in [0.29, 0.717) is 0 Å². The molecule has 0 bridgehead atoms. The molecule has 2 aromatic rings. The smallest absolute Gasteiger partial charge is 0.226 e. The molecule has 98 valence electrons. The number of aryl methyl sites for hydroxylation is 1. The fourth-order valence-corrected chi connectivity index (χ4v) is 2.75. The first kappa shape index (κ1) is 13.1. The van der Waals surface area contributed by atoms with Crippen LogP contribution in [0.15, 0.2) is 6.07 Å². The molecule has 2 rings (SSSR count). The van der Waals surface area contributed by atoms with Crippen LogP contribution in [0.2, 0.25) is 0 Å². The summed E-state index contributed by atoms with van der Waals surface area (Å²) < 4.78 is 0. The summed E-state index contributed by atoms with van der Waals surface area (Å²) in [4.78, 5) is 13.7. The molecular formula is C13H20N4S. The first-order chi connectivity index (χ1) is 8.65. The van der Waals surface area contributed by atoms with E-state index in [1.54, 1.807) is 11.3 Å². The number of thiophene rings is 1. The lowest BCUT2D eigenvalue weighted by atomic mass is 10.3. The number of rotatable bonds is 5. The van der Waals surface area contributed by atoms with Crippen LogP contribution in [0, 0.1) is 0 Å². The third kappa shape index (κ3) is 2.56. The van der Waals surface area contributed by atoms with Gasteiger partial charge in [-0.3, -0.25) is 0 Å². The van der Waals surface area contributed by atoms with Gasteiger partial charge >= 0.3 is 0 Å². The molecule has 0 fully saturated rings. The normalized spacial score (nSPS) is 10.9. The largest absolute Gasteiger partial charge is 0.362 e. The van der Waals surface area contributed by atoms with Crippen LogP contribution in [0.5, 0.6) is 0 Å². The summed E-state index contributed by atoms with van der Waals surface area (Å²) in [5.74, 6) is 1.73. The molecule has 1 N–H and O–H groups in total. The monoisotopic (exact) mass is 264 g/mol. The SMILES string of the molecule is CCCNc1nc(N(C)C)c2cc(CC)sc2n1. The van der Waals surface area contributed by atoms with Gasteiger partial charge in [0.15, 0.2) is 0 Å². The van der Waals surface area contributed by atoms with Crippen LogP contribution in [0.3, 0.4) is 0 Å². The highest BCUT2D eigenvalue weighted by Crippen LogP contribution is 2.31. The second-order valence-electron chi connectivity index (χ2n) is 4.48. The average molecular weight is 264 g/mol. The summed E-state index contributed by atoms with van der Waals surface area (Å²) in [5, 5.41) is 4.42. The van der Waals surface area contributed by atoms with Crippen molar-refractivity contribution in [2.45, 2.75) is 26.7 Å². The van der Waals surface area contributed by atoms with E-state index in [0.717, 1.165) is 41.4 Å². The molecule has 0 aliphatic carbocycles. The summed E-state index contributed by atoms with van der Waals surface area (Å²) in [7, 11) is 4.04. The van der Waals surface area contributed by atoms with Crippen molar-refractivity contribution < 1.29 is 0 Å². The van der Waals surface area contributed by atoms with Crippen LogP contribution in [0.25, 0.3) is 10.2 Å². The Hall–Kier alpha value is -1.36. The molecule has 2 heterocycles. The molecule has 0 aliphatic rings. The molecule has 18 heavy (non-hydrogen) atoms. The lowest BCUT2D eigenvalue weighted by molar-refractivity contribution is 0.952. The first-order valence-corrected chi connectivity index (χ1v) is 7.19. The number of anilines is 2. The topological polar surface area (TPSA) is 41.1 Å². The zero-order valence-electron chi connectivity index (χ0n) is 11.4. The molecule has 5 heteroatoms. The van der Waals surface area contributed by atoms with Crippen molar-refractivity contribution in [3.05, 3.63) is 10.9 Å². The second-order valence-corrected chi connectivity index (χ2v) is 5.59. The van der Waals surface area contributed by atoms with Crippen LogP contribution in [-0.2, 0) is 6.42 Å². The van der Waals surface area contributed by atoms with Crippen molar-refractivity contribution in [1.82, 2.24) is 9.97 Å². The van der Waals surface area contributed by atoms with Crippen molar-refractivity contribution in [3.8, 4) is 0 Å². The van der Waals surface area contributed by atoms with E-state index in [9.17, 15) is 0 Å². The Labute approximate surface area is 112 Å². The van der Waals surface area contributed by atoms with E-state index in [-0.39, 0.29) is 0 Å². The van der Waals surface area contributed by atoms with E-state index >= 15 is 0 Å². The number of nitrogens with zero attached hydrogens (tertiary/aromatic N) is 3. The molecule has 0 amide bonds. The Kier molecular flexibility index (Phi) is 4.01. The lowest BCUT2D eigenvalue weighted by Gasteiger charge is -2.13. The summed E-state index contributed by atoms with van der Waals surface area (Å²) >= 11 is 1.76. The van der Waals surface area contributed by atoms with Crippen LogP contribution < -0.4 is 10.2 Å². The maximum absolute atomic E-state index is 4.60. The average Bonchev–Trinajstić information content (AvgIpc) is 2.77. The van der Waals surface area contributed by atoms with Crippen molar-refractivity contribution in [2.24, 2.45) is 0 Å².